The summed E-state index contributed by atoms with van der Waals surface area (Å²) in [5.41, 5.74) is 1.40. The van der Waals surface area contributed by atoms with Gasteiger partial charge in [-0.25, -0.2) is 8.42 Å². The molecular weight excluding hydrogens is 418 g/mol. The number of ether oxygens (including phenoxy) is 1. The van der Waals surface area contributed by atoms with Crippen molar-refractivity contribution in [2.24, 2.45) is 0 Å². The second kappa shape index (κ2) is 9.93. The first-order chi connectivity index (χ1) is 14.8. The van der Waals surface area contributed by atoms with E-state index in [1.54, 1.807) is 67.5 Å². The molecule has 1 saturated heterocycles. The zero-order chi connectivity index (χ0) is 22.4. The number of likely N-dealkylation sites (tertiary alicyclic amines) is 1. The monoisotopic (exact) mass is 445 g/mol. The lowest BCUT2D eigenvalue weighted by atomic mass is 10.1. The fraction of sp³-hybridized carbons (Fsp3) is 0.364. The number of rotatable bonds is 8. The highest BCUT2D eigenvalue weighted by Gasteiger charge is 2.34. The van der Waals surface area contributed by atoms with Gasteiger partial charge in [-0.05, 0) is 55.7 Å². The molecule has 1 aliphatic heterocycles. The first kappa shape index (κ1) is 22.8. The summed E-state index contributed by atoms with van der Waals surface area (Å²) in [5, 5.41) is 2.78. The van der Waals surface area contributed by atoms with Gasteiger partial charge in [0.05, 0.1) is 11.5 Å². The van der Waals surface area contributed by atoms with Crippen LogP contribution in [0.4, 0.5) is 5.69 Å². The Bertz CT molecular complexity index is 1040. The summed E-state index contributed by atoms with van der Waals surface area (Å²) in [4.78, 5) is 27.1. The third-order valence-electron chi connectivity index (χ3n) is 5.19. The smallest absolute Gasteiger partial charge is 0.262 e. The highest BCUT2D eigenvalue weighted by Crippen LogP contribution is 2.23. The topological polar surface area (TPSA) is 105 Å². The molecule has 2 aromatic rings. The Morgan fingerprint density at radius 1 is 1.13 bits per heavy atom. The van der Waals surface area contributed by atoms with Crippen LogP contribution in [0.5, 0.6) is 0 Å². The Morgan fingerprint density at radius 3 is 2.52 bits per heavy atom. The predicted molar refractivity (Wildman–Crippen MR) is 117 cm³/mol. The molecule has 0 radical (unpaired) electrons. The SMILES string of the molecule is COCCNC(=O)[C@H]1CCCN1C(=O)c1ccc(NS(=O)(=O)c2ccccc2C)cc1. The van der Waals surface area contributed by atoms with E-state index in [9.17, 15) is 18.0 Å². The second-order valence-electron chi connectivity index (χ2n) is 7.39. The molecule has 2 N–H and O–H groups in total. The molecule has 1 atom stereocenters. The number of amides is 2. The molecule has 1 aliphatic rings. The van der Waals surface area contributed by atoms with Crippen molar-refractivity contribution in [1.29, 1.82) is 0 Å². The zero-order valence-electron chi connectivity index (χ0n) is 17.6. The normalized spacial score (nSPS) is 16.2. The van der Waals surface area contributed by atoms with Crippen LogP contribution in [-0.2, 0) is 19.6 Å². The molecule has 3 rings (SSSR count). The Morgan fingerprint density at radius 2 is 1.84 bits per heavy atom. The molecule has 0 spiro atoms. The maximum absolute atomic E-state index is 12.9. The Hall–Kier alpha value is -2.91. The number of hydrogen-bond acceptors (Lipinski definition) is 5. The van der Waals surface area contributed by atoms with Gasteiger partial charge in [0.25, 0.3) is 15.9 Å². The quantitative estimate of drug-likeness (QED) is 0.606. The van der Waals surface area contributed by atoms with Crippen molar-refractivity contribution in [3.8, 4) is 0 Å². The maximum atomic E-state index is 12.9. The zero-order valence-corrected chi connectivity index (χ0v) is 18.4. The lowest BCUT2D eigenvalue weighted by molar-refractivity contribution is -0.125. The minimum absolute atomic E-state index is 0.189. The van der Waals surface area contributed by atoms with Gasteiger partial charge in [0.1, 0.15) is 6.04 Å². The first-order valence-electron chi connectivity index (χ1n) is 10.1. The van der Waals surface area contributed by atoms with E-state index in [0.29, 0.717) is 42.9 Å². The summed E-state index contributed by atoms with van der Waals surface area (Å²) >= 11 is 0. The summed E-state index contributed by atoms with van der Waals surface area (Å²) in [6, 6.07) is 12.4. The molecule has 0 unspecified atom stereocenters. The molecule has 166 valence electrons. The highest BCUT2D eigenvalue weighted by atomic mass is 32.2. The highest BCUT2D eigenvalue weighted by molar-refractivity contribution is 7.92. The van der Waals surface area contributed by atoms with Gasteiger partial charge in [0.15, 0.2) is 0 Å². The van der Waals surface area contributed by atoms with Crippen LogP contribution in [0.15, 0.2) is 53.4 Å². The van der Waals surface area contributed by atoms with Gasteiger partial charge in [0, 0.05) is 31.5 Å². The maximum Gasteiger partial charge on any atom is 0.262 e. The predicted octanol–water partition coefficient (Wildman–Crippen LogP) is 2.16. The van der Waals surface area contributed by atoms with Crippen molar-refractivity contribution in [2.75, 3.05) is 31.5 Å². The first-order valence-corrected chi connectivity index (χ1v) is 11.6. The number of nitrogens with zero attached hydrogens (tertiary/aromatic N) is 1. The molecule has 1 heterocycles. The average molecular weight is 446 g/mol. The summed E-state index contributed by atoms with van der Waals surface area (Å²) in [5.74, 6) is -0.441. The molecule has 0 saturated carbocycles. The molecule has 8 nitrogen and oxygen atoms in total. The van der Waals surface area contributed by atoms with Crippen LogP contribution in [0.3, 0.4) is 0 Å². The van der Waals surface area contributed by atoms with E-state index in [1.165, 1.54) is 0 Å². The van der Waals surface area contributed by atoms with Gasteiger partial charge in [0.2, 0.25) is 5.91 Å². The van der Waals surface area contributed by atoms with Crippen LogP contribution < -0.4 is 10.0 Å². The standard InChI is InChI=1S/C22H27N3O5S/c1-16-6-3-4-8-20(16)31(28,29)24-18-11-9-17(10-12-18)22(27)25-14-5-7-19(25)21(26)23-13-15-30-2/h3-4,6,8-12,19,24H,5,7,13-15H2,1-2H3,(H,23,26)/t19-/m1/s1. The van der Waals surface area contributed by atoms with E-state index >= 15 is 0 Å². The largest absolute Gasteiger partial charge is 0.383 e. The van der Waals surface area contributed by atoms with Crippen molar-refractivity contribution in [2.45, 2.75) is 30.7 Å². The number of benzene rings is 2. The van der Waals surface area contributed by atoms with Crippen molar-refractivity contribution in [3.05, 3.63) is 59.7 Å². The lowest BCUT2D eigenvalue weighted by Crippen LogP contribution is -2.46. The molecule has 0 aromatic heterocycles. The molecule has 0 aliphatic carbocycles. The molecule has 31 heavy (non-hydrogen) atoms. The van der Waals surface area contributed by atoms with Crippen LogP contribution in [0, 0.1) is 6.92 Å². The van der Waals surface area contributed by atoms with Crippen molar-refractivity contribution >= 4 is 27.5 Å². The molecule has 2 aromatic carbocycles. The number of sulfonamides is 1. The Labute approximate surface area is 182 Å². The van der Waals surface area contributed by atoms with Gasteiger partial charge < -0.3 is 15.0 Å². The number of hydrogen-bond donors (Lipinski definition) is 2. The number of carbonyl (C=O) groups excluding carboxylic acids is 2. The van der Waals surface area contributed by atoms with E-state index in [-0.39, 0.29) is 16.7 Å². The summed E-state index contributed by atoms with van der Waals surface area (Å²) in [6.45, 7) is 3.03. The molecular formula is C22H27N3O5S. The minimum atomic E-state index is -3.73. The van der Waals surface area contributed by atoms with E-state index in [2.05, 4.69) is 10.0 Å². The second-order valence-corrected chi connectivity index (χ2v) is 9.04. The number of methoxy groups -OCH3 is 1. The van der Waals surface area contributed by atoms with Crippen molar-refractivity contribution in [1.82, 2.24) is 10.2 Å². The van der Waals surface area contributed by atoms with E-state index in [1.807, 2.05) is 0 Å². The van der Waals surface area contributed by atoms with Gasteiger partial charge in [-0.3, -0.25) is 14.3 Å². The Kier molecular flexibility index (Phi) is 7.29. The average Bonchev–Trinajstić information content (AvgIpc) is 3.24. The fourth-order valence-corrected chi connectivity index (χ4v) is 4.90. The molecule has 9 heteroatoms. The lowest BCUT2D eigenvalue weighted by Gasteiger charge is -2.24. The summed E-state index contributed by atoms with van der Waals surface area (Å²) < 4.78 is 32.7. The van der Waals surface area contributed by atoms with E-state index < -0.39 is 16.1 Å². The third-order valence-corrected chi connectivity index (χ3v) is 6.73. The van der Waals surface area contributed by atoms with Crippen molar-refractivity contribution < 1.29 is 22.7 Å². The molecule has 2 amide bonds. The van der Waals surface area contributed by atoms with E-state index in [0.717, 1.165) is 6.42 Å². The number of anilines is 1. The van der Waals surface area contributed by atoms with Crippen molar-refractivity contribution in [3.63, 3.8) is 0 Å². The number of carbonyl (C=O) groups is 2. The van der Waals surface area contributed by atoms with Gasteiger partial charge >= 0.3 is 0 Å². The number of aryl methyl sites for hydroxylation is 1. The summed E-state index contributed by atoms with van der Waals surface area (Å²) in [7, 11) is -2.17. The Balaban J connectivity index is 1.69. The van der Waals surface area contributed by atoms with Crippen LogP contribution in [0.1, 0.15) is 28.8 Å². The van der Waals surface area contributed by atoms with Crippen LogP contribution in [-0.4, -0.2) is 58.0 Å². The third kappa shape index (κ3) is 5.42. The molecule has 1 fully saturated rings. The van der Waals surface area contributed by atoms with Gasteiger partial charge in [-0.1, -0.05) is 18.2 Å². The fourth-order valence-electron chi connectivity index (χ4n) is 3.59. The van der Waals surface area contributed by atoms with Crippen LogP contribution in [0.2, 0.25) is 0 Å². The summed E-state index contributed by atoms with van der Waals surface area (Å²) in [6.07, 6.45) is 1.36. The van der Waals surface area contributed by atoms with Gasteiger partial charge in [-0.15, -0.1) is 0 Å². The van der Waals surface area contributed by atoms with Gasteiger partial charge in [-0.2, -0.15) is 0 Å². The van der Waals surface area contributed by atoms with Crippen LogP contribution >= 0.6 is 0 Å². The van der Waals surface area contributed by atoms with Crippen LogP contribution in [0.25, 0.3) is 0 Å². The number of nitrogens with one attached hydrogen (secondary N) is 2. The minimum Gasteiger partial charge on any atom is -0.383 e. The molecule has 0 bridgehead atoms. The van der Waals surface area contributed by atoms with E-state index in [4.69, 9.17) is 4.74 Å².